The molecule has 0 aliphatic rings. The zero-order chi connectivity index (χ0) is 14.7. The molecule has 0 amide bonds. The average molecular weight is 298 g/mol. The number of thiazole rings is 1. The van der Waals surface area contributed by atoms with Gasteiger partial charge in [0.05, 0.1) is 12.0 Å². The molecule has 0 aliphatic carbocycles. The summed E-state index contributed by atoms with van der Waals surface area (Å²) in [6.45, 7) is 5.94. The minimum absolute atomic E-state index is 0.831. The third kappa shape index (κ3) is 2.91. The Morgan fingerprint density at radius 3 is 2.67 bits per heavy atom. The topological polar surface area (TPSA) is 38.1 Å². The smallest absolute Gasteiger partial charge is 0.165 e. The second-order valence-electron chi connectivity index (χ2n) is 4.87. The molecule has 1 aromatic carbocycles. The number of furan rings is 1. The highest BCUT2D eigenvalue weighted by Crippen LogP contribution is 2.35. The van der Waals surface area contributed by atoms with Gasteiger partial charge < -0.3 is 9.73 Å². The highest BCUT2D eigenvalue weighted by molar-refractivity contribution is 7.15. The summed E-state index contributed by atoms with van der Waals surface area (Å²) in [5, 5.41) is 4.34. The molecule has 21 heavy (non-hydrogen) atoms. The third-order valence-electron chi connectivity index (χ3n) is 3.34. The van der Waals surface area contributed by atoms with Gasteiger partial charge in [-0.25, -0.2) is 4.98 Å². The SMILES string of the molecule is CCNCc1sc(-c2occc2C)nc1-c1ccccc1. The molecule has 108 valence electrons. The number of rotatable bonds is 5. The van der Waals surface area contributed by atoms with Crippen molar-refractivity contribution < 1.29 is 4.42 Å². The van der Waals surface area contributed by atoms with E-state index in [1.54, 1.807) is 17.6 Å². The van der Waals surface area contributed by atoms with Gasteiger partial charge in [-0.2, -0.15) is 0 Å². The maximum Gasteiger partial charge on any atom is 0.165 e. The molecular formula is C17H18N2OS. The summed E-state index contributed by atoms with van der Waals surface area (Å²) >= 11 is 1.70. The average Bonchev–Trinajstić information content (AvgIpc) is 3.12. The summed E-state index contributed by atoms with van der Waals surface area (Å²) < 4.78 is 5.59. The van der Waals surface area contributed by atoms with Gasteiger partial charge in [-0.15, -0.1) is 11.3 Å². The lowest BCUT2D eigenvalue weighted by Crippen LogP contribution is -2.11. The zero-order valence-electron chi connectivity index (χ0n) is 12.2. The van der Waals surface area contributed by atoms with Crippen molar-refractivity contribution in [3.8, 4) is 22.0 Å². The van der Waals surface area contributed by atoms with Crippen molar-refractivity contribution in [2.75, 3.05) is 6.54 Å². The lowest BCUT2D eigenvalue weighted by atomic mass is 10.1. The van der Waals surface area contributed by atoms with Crippen molar-refractivity contribution in [3.63, 3.8) is 0 Å². The van der Waals surface area contributed by atoms with E-state index in [2.05, 4.69) is 24.4 Å². The van der Waals surface area contributed by atoms with Crippen LogP contribution in [0.4, 0.5) is 0 Å². The van der Waals surface area contributed by atoms with E-state index >= 15 is 0 Å². The molecule has 0 aliphatic heterocycles. The molecule has 3 nitrogen and oxygen atoms in total. The molecule has 2 heterocycles. The molecule has 3 aromatic rings. The predicted molar refractivity (Wildman–Crippen MR) is 87.4 cm³/mol. The molecule has 0 radical (unpaired) electrons. The number of aryl methyl sites for hydroxylation is 1. The fourth-order valence-electron chi connectivity index (χ4n) is 2.22. The van der Waals surface area contributed by atoms with E-state index in [4.69, 9.17) is 9.40 Å². The van der Waals surface area contributed by atoms with E-state index < -0.39 is 0 Å². The van der Waals surface area contributed by atoms with Crippen LogP contribution in [-0.2, 0) is 6.54 Å². The van der Waals surface area contributed by atoms with E-state index in [1.807, 2.05) is 31.2 Å². The van der Waals surface area contributed by atoms with Crippen LogP contribution >= 0.6 is 11.3 Å². The molecule has 3 rings (SSSR count). The van der Waals surface area contributed by atoms with Crippen molar-refractivity contribution in [1.29, 1.82) is 0 Å². The molecule has 0 saturated carbocycles. The molecule has 0 saturated heterocycles. The largest absolute Gasteiger partial charge is 0.462 e. The molecule has 0 fully saturated rings. The van der Waals surface area contributed by atoms with Gasteiger partial charge in [0.1, 0.15) is 0 Å². The Kier molecular flexibility index (Phi) is 4.18. The van der Waals surface area contributed by atoms with Gasteiger partial charge in [-0.3, -0.25) is 0 Å². The Hall–Kier alpha value is -1.91. The number of benzene rings is 1. The number of nitrogens with one attached hydrogen (secondary N) is 1. The van der Waals surface area contributed by atoms with Crippen LogP contribution in [0.25, 0.3) is 22.0 Å². The van der Waals surface area contributed by atoms with Crippen LogP contribution in [0.15, 0.2) is 47.1 Å². The summed E-state index contributed by atoms with van der Waals surface area (Å²) in [6, 6.07) is 12.3. The summed E-state index contributed by atoms with van der Waals surface area (Å²) in [6.07, 6.45) is 1.72. The first kappa shape index (κ1) is 14.0. The molecule has 0 atom stereocenters. The fourth-order valence-corrected chi connectivity index (χ4v) is 3.33. The van der Waals surface area contributed by atoms with Gasteiger partial charge >= 0.3 is 0 Å². The first-order chi connectivity index (χ1) is 10.3. The van der Waals surface area contributed by atoms with Crippen LogP contribution in [0.3, 0.4) is 0 Å². The standard InChI is InChI=1S/C17H18N2OS/c1-3-18-11-14-15(13-7-5-4-6-8-13)19-17(21-14)16-12(2)9-10-20-16/h4-10,18H,3,11H2,1-2H3. The highest BCUT2D eigenvalue weighted by Gasteiger charge is 2.16. The molecule has 1 N–H and O–H groups in total. The molecule has 0 unspecified atom stereocenters. The normalized spacial score (nSPS) is 11.0. The quantitative estimate of drug-likeness (QED) is 0.754. The zero-order valence-corrected chi connectivity index (χ0v) is 13.0. The number of hydrogen-bond acceptors (Lipinski definition) is 4. The first-order valence-corrected chi connectivity index (χ1v) is 7.91. The van der Waals surface area contributed by atoms with Crippen LogP contribution in [0.5, 0.6) is 0 Å². The summed E-state index contributed by atoms with van der Waals surface area (Å²) in [5.41, 5.74) is 3.32. The van der Waals surface area contributed by atoms with Crippen molar-refractivity contribution in [2.45, 2.75) is 20.4 Å². The Morgan fingerprint density at radius 2 is 2.00 bits per heavy atom. The minimum atomic E-state index is 0.831. The number of aromatic nitrogens is 1. The van der Waals surface area contributed by atoms with Gasteiger partial charge in [0.15, 0.2) is 10.8 Å². The van der Waals surface area contributed by atoms with Gasteiger partial charge in [0.25, 0.3) is 0 Å². The van der Waals surface area contributed by atoms with Gasteiger partial charge in [-0.05, 0) is 25.1 Å². The number of hydrogen-bond donors (Lipinski definition) is 1. The van der Waals surface area contributed by atoms with Crippen molar-refractivity contribution in [2.24, 2.45) is 0 Å². The molecular weight excluding hydrogens is 280 g/mol. The van der Waals surface area contributed by atoms with Crippen molar-refractivity contribution in [1.82, 2.24) is 10.3 Å². The monoisotopic (exact) mass is 298 g/mol. The molecule has 0 spiro atoms. The fraction of sp³-hybridized carbons (Fsp3) is 0.235. The van der Waals surface area contributed by atoms with E-state index in [1.165, 1.54) is 4.88 Å². The second-order valence-corrected chi connectivity index (χ2v) is 5.95. The number of nitrogens with zero attached hydrogens (tertiary/aromatic N) is 1. The Labute approximate surface area is 128 Å². The predicted octanol–water partition coefficient (Wildman–Crippen LogP) is 4.49. The summed E-state index contributed by atoms with van der Waals surface area (Å²) in [7, 11) is 0. The first-order valence-electron chi connectivity index (χ1n) is 7.10. The highest BCUT2D eigenvalue weighted by atomic mass is 32.1. The van der Waals surface area contributed by atoms with E-state index in [0.717, 1.165) is 40.7 Å². The van der Waals surface area contributed by atoms with Gasteiger partial charge in [-0.1, -0.05) is 37.3 Å². The Morgan fingerprint density at radius 1 is 1.19 bits per heavy atom. The van der Waals surface area contributed by atoms with Crippen molar-refractivity contribution in [3.05, 3.63) is 53.1 Å². The van der Waals surface area contributed by atoms with E-state index in [9.17, 15) is 0 Å². The minimum Gasteiger partial charge on any atom is -0.462 e. The summed E-state index contributed by atoms with van der Waals surface area (Å²) in [5.74, 6) is 0.875. The molecule has 4 heteroatoms. The van der Waals surface area contributed by atoms with Gasteiger partial charge in [0.2, 0.25) is 0 Å². The Balaban J connectivity index is 2.05. The van der Waals surface area contributed by atoms with Crippen LogP contribution < -0.4 is 5.32 Å². The van der Waals surface area contributed by atoms with E-state index in [0.29, 0.717) is 0 Å². The van der Waals surface area contributed by atoms with Crippen LogP contribution in [0, 0.1) is 6.92 Å². The summed E-state index contributed by atoms with van der Waals surface area (Å²) in [4.78, 5) is 6.07. The third-order valence-corrected chi connectivity index (χ3v) is 4.39. The van der Waals surface area contributed by atoms with Gasteiger partial charge in [0, 0.05) is 17.0 Å². The maximum atomic E-state index is 5.59. The molecule has 0 bridgehead atoms. The lowest BCUT2D eigenvalue weighted by Gasteiger charge is -2.02. The van der Waals surface area contributed by atoms with Crippen LogP contribution in [0.1, 0.15) is 17.4 Å². The van der Waals surface area contributed by atoms with Crippen LogP contribution in [-0.4, -0.2) is 11.5 Å². The van der Waals surface area contributed by atoms with Crippen molar-refractivity contribution >= 4 is 11.3 Å². The lowest BCUT2D eigenvalue weighted by molar-refractivity contribution is 0.580. The Bertz CT molecular complexity index is 715. The maximum absolute atomic E-state index is 5.59. The second kappa shape index (κ2) is 6.24. The molecule has 2 aromatic heterocycles. The van der Waals surface area contributed by atoms with E-state index in [-0.39, 0.29) is 0 Å². The van der Waals surface area contributed by atoms with Crippen LogP contribution in [0.2, 0.25) is 0 Å².